The predicted octanol–water partition coefficient (Wildman–Crippen LogP) is 5.87. The van der Waals surface area contributed by atoms with Crippen LogP contribution in [-0.2, 0) is 15.0 Å². The smallest absolute Gasteiger partial charge is 0.303 e. The van der Waals surface area contributed by atoms with Crippen LogP contribution in [0.4, 0.5) is 5.69 Å². The molecule has 1 aliphatic carbocycles. The van der Waals surface area contributed by atoms with Gasteiger partial charge in [0.2, 0.25) is 0 Å². The van der Waals surface area contributed by atoms with E-state index in [0.717, 1.165) is 37.5 Å². The van der Waals surface area contributed by atoms with Crippen molar-refractivity contribution in [2.24, 2.45) is 0 Å². The van der Waals surface area contributed by atoms with E-state index in [2.05, 4.69) is 0 Å². The van der Waals surface area contributed by atoms with Crippen LogP contribution in [0.5, 0.6) is 0 Å². The number of hydrogen-bond donors (Lipinski definition) is 2. The Kier molecular flexibility index (Phi) is 5.56. The molecule has 0 amide bonds. The number of carbonyl (C=O) groups is 2. The summed E-state index contributed by atoms with van der Waals surface area (Å²) >= 11 is 1.53. The van der Waals surface area contributed by atoms with Crippen molar-refractivity contribution in [3.8, 4) is 21.7 Å². The molecule has 2 N–H and O–H groups in total. The van der Waals surface area contributed by atoms with Gasteiger partial charge in [-0.25, -0.2) is 4.98 Å². The molecule has 0 atom stereocenters. The zero-order chi connectivity index (χ0) is 24.7. The van der Waals surface area contributed by atoms with E-state index < -0.39 is 22.3 Å². The Hall–Kier alpha value is -4.11. The van der Waals surface area contributed by atoms with Crippen LogP contribution in [0.15, 0.2) is 60.7 Å². The molecule has 0 saturated heterocycles. The topological polar surface area (TPSA) is 131 Å². The second-order valence-corrected chi connectivity index (χ2v) is 9.63. The largest absolute Gasteiger partial charge is 0.481 e. The normalized spacial score (nSPS) is 13.4. The van der Waals surface area contributed by atoms with E-state index >= 15 is 0 Å². The highest BCUT2D eigenvalue weighted by molar-refractivity contribution is 7.21. The third-order valence-corrected chi connectivity index (χ3v) is 7.71. The third-order valence-electron chi connectivity index (χ3n) is 6.63. The predicted molar refractivity (Wildman–Crippen MR) is 132 cm³/mol. The average molecular weight is 489 g/mol. The summed E-state index contributed by atoms with van der Waals surface area (Å²) in [5.74, 6) is -2.02. The Morgan fingerprint density at radius 2 is 1.54 bits per heavy atom. The number of hydrogen-bond acceptors (Lipinski definition) is 6. The van der Waals surface area contributed by atoms with Crippen molar-refractivity contribution in [1.82, 2.24) is 4.98 Å². The summed E-state index contributed by atoms with van der Waals surface area (Å²) in [4.78, 5) is 39.0. The molecule has 5 rings (SSSR count). The number of para-hydroxylation sites is 1. The minimum Gasteiger partial charge on any atom is -0.481 e. The molecule has 0 unspecified atom stereocenters. The maximum atomic E-state index is 11.6. The number of aromatic nitrogens is 1. The summed E-state index contributed by atoms with van der Waals surface area (Å²) in [6, 6.07) is 18.2. The van der Waals surface area contributed by atoms with Gasteiger partial charge in [0, 0.05) is 36.0 Å². The number of nitro benzene ring substituents is 1. The quantitative estimate of drug-likeness (QED) is 0.234. The molecule has 8 nitrogen and oxygen atoms in total. The Bertz CT molecular complexity index is 1460. The highest BCUT2D eigenvalue weighted by Gasteiger charge is 2.44. The second-order valence-electron chi connectivity index (χ2n) is 8.60. The zero-order valence-electron chi connectivity index (χ0n) is 18.4. The number of rotatable bonds is 8. The summed E-state index contributed by atoms with van der Waals surface area (Å²) < 4.78 is 1.03. The monoisotopic (exact) mass is 488 g/mol. The molecule has 4 aromatic rings. The molecule has 0 radical (unpaired) electrons. The second kappa shape index (κ2) is 8.59. The Labute approximate surface area is 203 Å². The summed E-state index contributed by atoms with van der Waals surface area (Å²) in [5, 5.41) is 31.3. The average Bonchev–Trinajstić information content (AvgIpc) is 3.38. The lowest BCUT2D eigenvalue weighted by Gasteiger charge is -2.31. The minimum absolute atomic E-state index is 0.113. The highest BCUT2D eigenvalue weighted by atomic mass is 32.1. The van der Waals surface area contributed by atoms with Crippen molar-refractivity contribution >= 4 is 39.2 Å². The van der Waals surface area contributed by atoms with E-state index in [-0.39, 0.29) is 31.4 Å². The molecule has 3 aromatic carbocycles. The Morgan fingerprint density at radius 3 is 2.17 bits per heavy atom. The van der Waals surface area contributed by atoms with Gasteiger partial charge in [-0.05, 0) is 59.4 Å². The molecular formula is C26H20N2O6S. The zero-order valence-corrected chi connectivity index (χ0v) is 19.2. The molecular weight excluding hydrogens is 468 g/mol. The summed E-state index contributed by atoms with van der Waals surface area (Å²) in [5.41, 5.74) is 3.58. The number of aliphatic carboxylic acids is 2. The lowest BCUT2D eigenvalue weighted by atomic mass is 9.71. The fourth-order valence-corrected chi connectivity index (χ4v) is 5.99. The third kappa shape index (κ3) is 3.93. The summed E-state index contributed by atoms with van der Waals surface area (Å²) in [7, 11) is 0. The van der Waals surface area contributed by atoms with Gasteiger partial charge in [-0.3, -0.25) is 19.7 Å². The van der Waals surface area contributed by atoms with Crippen LogP contribution in [0.25, 0.3) is 31.9 Å². The molecule has 35 heavy (non-hydrogen) atoms. The maximum absolute atomic E-state index is 11.6. The standard InChI is InChI=1S/C26H20N2O6S/c29-23(30)9-11-26(12-10-24(31)32)19-13-15(25-27-21-3-1-2-4-22(21)35-25)5-7-17(19)18-8-6-16(28(33)34)14-20(18)26/h1-8,13-14H,9-12H2,(H,29,30)(H,31,32). The summed E-state index contributed by atoms with van der Waals surface area (Å²) in [6.07, 6.45) is -0.154. The van der Waals surface area contributed by atoms with Crippen molar-refractivity contribution < 1.29 is 24.7 Å². The fraction of sp³-hybridized carbons (Fsp3) is 0.192. The van der Waals surface area contributed by atoms with Gasteiger partial charge >= 0.3 is 11.9 Å². The number of carboxylic acids is 2. The van der Waals surface area contributed by atoms with Gasteiger partial charge in [-0.2, -0.15) is 0 Å². The van der Waals surface area contributed by atoms with Gasteiger partial charge < -0.3 is 10.2 Å². The van der Waals surface area contributed by atoms with Gasteiger partial charge in [-0.15, -0.1) is 11.3 Å². The molecule has 0 bridgehead atoms. The molecule has 1 aromatic heterocycles. The molecule has 1 heterocycles. The van der Waals surface area contributed by atoms with Crippen LogP contribution in [0, 0.1) is 10.1 Å². The lowest BCUT2D eigenvalue weighted by Crippen LogP contribution is -2.27. The van der Waals surface area contributed by atoms with Crippen molar-refractivity contribution in [2.75, 3.05) is 0 Å². The van der Waals surface area contributed by atoms with Crippen LogP contribution in [0.1, 0.15) is 36.8 Å². The molecule has 0 saturated carbocycles. The Balaban J connectivity index is 1.73. The van der Waals surface area contributed by atoms with Crippen molar-refractivity contribution in [2.45, 2.75) is 31.1 Å². The maximum Gasteiger partial charge on any atom is 0.303 e. The SMILES string of the molecule is O=C(O)CCC1(CCC(=O)O)c2cc(-c3nc4ccccc4s3)ccc2-c2ccc([N+](=O)[O-])cc21. The highest BCUT2D eigenvalue weighted by Crippen LogP contribution is 2.55. The number of non-ortho nitro benzene ring substituents is 1. The Morgan fingerprint density at radius 1 is 0.914 bits per heavy atom. The number of thiazole rings is 1. The van der Waals surface area contributed by atoms with Gasteiger partial charge in [0.25, 0.3) is 5.69 Å². The first-order valence-corrected chi connectivity index (χ1v) is 11.8. The number of carboxylic acid groups (broad SMARTS) is 2. The van der Waals surface area contributed by atoms with Gasteiger partial charge in [0.05, 0.1) is 15.1 Å². The van der Waals surface area contributed by atoms with Crippen LogP contribution in [-0.4, -0.2) is 32.1 Å². The van der Waals surface area contributed by atoms with Gasteiger partial charge in [-0.1, -0.05) is 24.3 Å². The molecule has 9 heteroatoms. The molecule has 0 fully saturated rings. The van der Waals surface area contributed by atoms with E-state index in [1.165, 1.54) is 23.5 Å². The molecule has 176 valence electrons. The first-order chi connectivity index (χ1) is 16.8. The number of fused-ring (bicyclic) bond motifs is 4. The summed E-state index contributed by atoms with van der Waals surface area (Å²) in [6.45, 7) is 0. The van der Waals surface area contributed by atoms with Crippen LogP contribution < -0.4 is 0 Å². The van der Waals surface area contributed by atoms with E-state index in [1.807, 2.05) is 42.5 Å². The first-order valence-electron chi connectivity index (χ1n) is 11.0. The molecule has 1 aliphatic rings. The van der Waals surface area contributed by atoms with Gasteiger partial charge in [0.1, 0.15) is 5.01 Å². The van der Waals surface area contributed by atoms with Crippen molar-refractivity contribution in [3.63, 3.8) is 0 Å². The molecule has 0 aliphatic heterocycles. The lowest BCUT2D eigenvalue weighted by molar-refractivity contribution is -0.384. The van der Waals surface area contributed by atoms with Crippen LogP contribution in [0.2, 0.25) is 0 Å². The number of nitrogens with zero attached hydrogens (tertiary/aromatic N) is 2. The van der Waals surface area contributed by atoms with Crippen LogP contribution >= 0.6 is 11.3 Å². The minimum atomic E-state index is -1.01. The van der Waals surface area contributed by atoms with E-state index in [1.54, 1.807) is 6.07 Å². The van der Waals surface area contributed by atoms with E-state index in [9.17, 15) is 29.9 Å². The molecule has 0 spiro atoms. The number of benzene rings is 3. The first kappa shape index (κ1) is 22.7. The fourth-order valence-electron chi connectivity index (χ4n) is 5.03. The number of nitro groups is 1. The van der Waals surface area contributed by atoms with Crippen molar-refractivity contribution in [3.05, 3.63) is 81.9 Å². The van der Waals surface area contributed by atoms with E-state index in [0.29, 0.717) is 5.56 Å². The van der Waals surface area contributed by atoms with E-state index in [4.69, 9.17) is 4.98 Å². The van der Waals surface area contributed by atoms with Gasteiger partial charge in [0.15, 0.2) is 0 Å². The van der Waals surface area contributed by atoms with Crippen molar-refractivity contribution in [1.29, 1.82) is 0 Å². The van der Waals surface area contributed by atoms with Crippen LogP contribution in [0.3, 0.4) is 0 Å².